The summed E-state index contributed by atoms with van der Waals surface area (Å²) in [6, 6.07) is 17.3. The van der Waals surface area contributed by atoms with E-state index in [0.29, 0.717) is 31.5 Å². The molecule has 0 aliphatic carbocycles. The molecule has 0 saturated carbocycles. The van der Waals surface area contributed by atoms with Crippen molar-refractivity contribution in [1.82, 2.24) is 24.9 Å². The Kier molecular flexibility index (Phi) is 11.1. The number of hydrogen-bond donors (Lipinski definition) is 2. The maximum absolute atomic E-state index is 12.4. The third-order valence-corrected chi connectivity index (χ3v) is 8.28. The van der Waals surface area contributed by atoms with Crippen molar-refractivity contribution in [2.24, 2.45) is 7.05 Å². The number of nitrogens with one attached hydrogen (secondary N) is 1. The van der Waals surface area contributed by atoms with Crippen LogP contribution in [0.25, 0.3) is 0 Å². The number of aryl methyl sites for hydroxylation is 1. The number of benzene rings is 2. The van der Waals surface area contributed by atoms with Crippen molar-refractivity contribution < 1.29 is 14.4 Å². The Labute approximate surface area is 256 Å². The minimum atomic E-state index is -0.373. The second-order valence-electron chi connectivity index (χ2n) is 11.2. The highest BCUT2D eigenvalue weighted by Gasteiger charge is 2.33. The van der Waals surface area contributed by atoms with Gasteiger partial charge in [-0.15, -0.1) is 0 Å². The Hall–Kier alpha value is -4.02. The van der Waals surface area contributed by atoms with Crippen LogP contribution in [0.15, 0.2) is 65.6 Å². The zero-order valence-corrected chi connectivity index (χ0v) is 25.4. The van der Waals surface area contributed by atoms with E-state index in [0.717, 1.165) is 15.8 Å². The molecule has 11 heteroatoms. The topological polar surface area (TPSA) is 131 Å². The molecule has 0 radical (unpaired) electrons. The fourth-order valence-corrected chi connectivity index (χ4v) is 5.41. The zero-order valence-electron chi connectivity index (χ0n) is 24.7. The van der Waals surface area contributed by atoms with Gasteiger partial charge in [0.1, 0.15) is 5.02 Å². The highest BCUT2D eigenvalue weighted by atomic mass is 35.5. The van der Waals surface area contributed by atoms with Gasteiger partial charge in [0.15, 0.2) is 0 Å². The Morgan fingerprint density at radius 1 is 0.953 bits per heavy atom. The maximum atomic E-state index is 12.4. The summed E-state index contributed by atoms with van der Waals surface area (Å²) < 4.78 is 1.12. The third kappa shape index (κ3) is 8.52. The second kappa shape index (κ2) is 14.9. The van der Waals surface area contributed by atoms with Gasteiger partial charge in [0.05, 0.1) is 17.8 Å². The second-order valence-corrected chi connectivity index (χ2v) is 11.5. The fraction of sp³-hybridized carbons (Fsp3) is 0.406. The lowest BCUT2D eigenvalue weighted by molar-refractivity contribution is -0.134. The first-order chi connectivity index (χ1) is 20.6. The number of halogens is 1. The number of carbonyl (C=O) groups is 3. The predicted octanol–water partition coefficient (Wildman–Crippen LogP) is 3.56. The Balaban J connectivity index is 0.000000203. The van der Waals surface area contributed by atoms with E-state index in [1.807, 2.05) is 53.4 Å². The maximum Gasteiger partial charge on any atom is 0.287 e. The lowest BCUT2D eigenvalue weighted by Gasteiger charge is -2.40. The summed E-state index contributed by atoms with van der Waals surface area (Å²) in [7, 11) is 3.70. The molecular formula is C32H39ClN6O4. The van der Waals surface area contributed by atoms with Crippen LogP contribution in [-0.4, -0.2) is 70.5 Å². The highest BCUT2D eigenvalue weighted by molar-refractivity contribution is 6.32. The van der Waals surface area contributed by atoms with Gasteiger partial charge in [-0.25, -0.2) is 4.68 Å². The molecule has 3 aromatic rings. The minimum Gasteiger partial charge on any atom is -0.396 e. The third-order valence-electron chi connectivity index (χ3n) is 7.90. The molecule has 3 amide bonds. The molecule has 3 aliphatic heterocycles. The number of nitrogens with two attached hydrogens (primary N) is 1. The van der Waals surface area contributed by atoms with Crippen molar-refractivity contribution in [1.29, 1.82) is 0 Å². The SMILES string of the molecule is CN1CCCCC1.Cn1ncc(N)c(Cl)c1=O.O=C1CCC(c2cccc(C3CN(C(=O)c4ccccc4)C3)c2)C(=O)N1. The van der Waals surface area contributed by atoms with E-state index in [1.165, 1.54) is 45.6 Å². The van der Waals surface area contributed by atoms with E-state index in [4.69, 9.17) is 17.3 Å². The van der Waals surface area contributed by atoms with E-state index in [1.54, 1.807) is 0 Å². The number of nitrogens with zero attached hydrogens (tertiary/aromatic N) is 4. The molecule has 1 aromatic heterocycles. The van der Waals surface area contributed by atoms with Crippen LogP contribution >= 0.6 is 11.6 Å². The minimum absolute atomic E-state index is 0.0255. The number of nitrogen functional groups attached to an aromatic ring is 1. The molecule has 3 N–H and O–H groups in total. The standard InChI is InChI=1S/C21H20N2O3.C6H13N.C5H6ClN3O/c24-19-10-9-18(20(25)22-19)16-8-4-7-15(11-16)17-12-23(13-17)21(26)14-5-2-1-3-6-14;1-7-5-3-2-4-6-7;1-9-5(10)4(6)3(7)2-8-9/h1-8,11,17-18H,9-10,12-13H2,(H,22,24,25);2-6H2,1H3;2H,7H2,1H3. The Morgan fingerprint density at radius 3 is 2.23 bits per heavy atom. The van der Waals surface area contributed by atoms with Gasteiger partial charge in [-0.3, -0.25) is 24.5 Å². The average molecular weight is 607 g/mol. The molecule has 1 atom stereocenters. The quantitative estimate of drug-likeness (QED) is 0.436. The van der Waals surface area contributed by atoms with E-state index < -0.39 is 0 Å². The number of amides is 3. The number of hydrogen-bond acceptors (Lipinski definition) is 7. The first kappa shape index (κ1) is 31.9. The zero-order chi connectivity index (χ0) is 30.9. The monoisotopic (exact) mass is 606 g/mol. The number of imide groups is 1. The van der Waals surface area contributed by atoms with E-state index in [9.17, 15) is 19.2 Å². The number of rotatable bonds is 3. The Bertz CT molecular complexity index is 1480. The summed E-state index contributed by atoms with van der Waals surface area (Å²) in [6.07, 6.45) is 6.54. The van der Waals surface area contributed by atoms with Gasteiger partial charge in [-0.2, -0.15) is 5.10 Å². The number of piperidine rings is 2. The molecular weight excluding hydrogens is 568 g/mol. The van der Waals surface area contributed by atoms with Crippen molar-refractivity contribution in [3.63, 3.8) is 0 Å². The average Bonchev–Trinajstić information content (AvgIpc) is 2.99. The van der Waals surface area contributed by atoms with Gasteiger partial charge in [0.2, 0.25) is 11.8 Å². The summed E-state index contributed by atoms with van der Waals surface area (Å²) in [4.78, 5) is 51.0. The van der Waals surface area contributed by atoms with E-state index in [2.05, 4.69) is 28.4 Å². The van der Waals surface area contributed by atoms with Crippen molar-refractivity contribution in [2.45, 2.75) is 43.9 Å². The van der Waals surface area contributed by atoms with Crippen LogP contribution < -0.4 is 16.6 Å². The predicted molar refractivity (Wildman–Crippen MR) is 167 cm³/mol. The summed E-state index contributed by atoms with van der Waals surface area (Å²) in [5.74, 6) is -0.335. The highest BCUT2D eigenvalue weighted by Crippen LogP contribution is 2.32. The van der Waals surface area contributed by atoms with Gasteiger partial charge in [0.25, 0.3) is 11.5 Å². The number of carbonyl (C=O) groups excluding carboxylic acids is 3. The molecule has 0 bridgehead atoms. The lowest BCUT2D eigenvalue weighted by atomic mass is 9.85. The number of aromatic nitrogens is 2. The van der Waals surface area contributed by atoms with Crippen molar-refractivity contribution in [2.75, 3.05) is 39.0 Å². The molecule has 43 heavy (non-hydrogen) atoms. The first-order valence-electron chi connectivity index (χ1n) is 14.6. The number of anilines is 1. The summed E-state index contributed by atoms with van der Waals surface area (Å²) in [6.45, 7) is 4.01. The lowest BCUT2D eigenvalue weighted by Crippen LogP contribution is -2.48. The summed E-state index contributed by atoms with van der Waals surface area (Å²) in [5, 5.41) is 6.07. The van der Waals surface area contributed by atoms with E-state index in [-0.39, 0.29) is 45.8 Å². The normalized spacial score (nSPS) is 18.8. The van der Waals surface area contributed by atoms with Gasteiger partial charge in [-0.1, -0.05) is 60.5 Å². The molecule has 3 saturated heterocycles. The Morgan fingerprint density at radius 2 is 1.63 bits per heavy atom. The molecule has 10 nitrogen and oxygen atoms in total. The van der Waals surface area contributed by atoms with Crippen LogP contribution in [0.2, 0.25) is 5.02 Å². The van der Waals surface area contributed by atoms with E-state index >= 15 is 0 Å². The van der Waals surface area contributed by atoms with Crippen LogP contribution in [0.5, 0.6) is 0 Å². The van der Waals surface area contributed by atoms with Gasteiger partial charge in [-0.05, 0) is 62.7 Å². The van der Waals surface area contributed by atoms with Crippen molar-refractivity contribution in [3.8, 4) is 0 Å². The smallest absolute Gasteiger partial charge is 0.287 e. The molecule has 228 valence electrons. The van der Waals surface area contributed by atoms with Gasteiger partial charge >= 0.3 is 0 Å². The molecule has 2 aromatic carbocycles. The van der Waals surface area contributed by atoms with Crippen LogP contribution in [0, 0.1) is 0 Å². The molecule has 1 unspecified atom stereocenters. The fourth-order valence-electron chi connectivity index (χ4n) is 5.24. The molecule has 3 aliphatic rings. The van der Waals surface area contributed by atoms with Crippen molar-refractivity contribution in [3.05, 3.63) is 92.9 Å². The first-order valence-corrected chi connectivity index (χ1v) is 15.0. The number of likely N-dealkylation sites (tertiary alicyclic amines) is 2. The van der Waals surface area contributed by atoms with Crippen LogP contribution in [-0.2, 0) is 16.6 Å². The summed E-state index contributed by atoms with van der Waals surface area (Å²) in [5.41, 5.74) is 7.92. The van der Waals surface area contributed by atoms with Gasteiger partial charge in [0, 0.05) is 38.0 Å². The van der Waals surface area contributed by atoms with Crippen LogP contribution in [0.4, 0.5) is 5.69 Å². The van der Waals surface area contributed by atoms with Crippen molar-refractivity contribution >= 4 is 35.0 Å². The summed E-state index contributed by atoms with van der Waals surface area (Å²) >= 11 is 5.48. The van der Waals surface area contributed by atoms with Crippen LogP contribution in [0.3, 0.4) is 0 Å². The molecule has 4 heterocycles. The van der Waals surface area contributed by atoms with Gasteiger partial charge < -0.3 is 15.5 Å². The molecule has 3 fully saturated rings. The largest absolute Gasteiger partial charge is 0.396 e. The molecule has 0 spiro atoms. The van der Waals surface area contributed by atoms with Crippen LogP contribution in [0.1, 0.15) is 65.4 Å². The molecule has 6 rings (SSSR count).